The Morgan fingerprint density at radius 3 is 2.83 bits per heavy atom. The molecule has 0 spiro atoms. The van der Waals surface area contributed by atoms with Crippen LogP contribution in [0.4, 0.5) is 5.13 Å². The third-order valence-corrected chi connectivity index (χ3v) is 6.94. The maximum absolute atomic E-state index is 12.9. The first-order valence-electron chi connectivity index (χ1n) is 8.87. The van der Waals surface area contributed by atoms with Gasteiger partial charge in [-0.05, 0) is 12.1 Å². The van der Waals surface area contributed by atoms with Crippen LogP contribution in [0, 0.1) is 0 Å². The number of carbonyl (C=O) groups excluding carboxylic acids is 1. The maximum atomic E-state index is 12.9. The van der Waals surface area contributed by atoms with E-state index in [1.165, 1.54) is 11.3 Å². The number of amides is 1. The zero-order valence-electron chi connectivity index (χ0n) is 15.1. The lowest BCUT2D eigenvalue weighted by Gasteiger charge is -2.17. The van der Waals surface area contributed by atoms with Gasteiger partial charge in [-0.2, -0.15) is 0 Å². The van der Waals surface area contributed by atoms with Crippen LogP contribution in [0.1, 0.15) is 16.1 Å². The fourth-order valence-electron chi connectivity index (χ4n) is 2.92. The summed E-state index contributed by atoms with van der Waals surface area (Å²) in [7, 11) is 0. The Morgan fingerprint density at radius 1 is 1.17 bits per heavy atom. The molecular formula is C20H15N3O3S3. The first kappa shape index (κ1) is 18.4. The summed E-state index contributed by atoms with van der Waals surface area (Å²) in [4.78, 5) is 22.7. The fourth-order valence-corrected chi connectivity index (χ4v) is 5.41. The summed E-state index contributed by atoms with van der Waals surface area (Å²) in [6.07, 6.45) is 0. The highest BCUT2D eigenvalue weighted by atomic mass is 32.2. The lowest BCUT2D eigenvalue weighted by Crippen LogP contribution is -2.15. The summed E-state index contributed by atoms with van der Waals surface area (Å²) in [6, 6.07) is 11.3. The van der Waals surface area contributed by atoms with Gasteiger partial charge in [-0.25, -0.2) is 9.97 Å². The number of hydrogen-bond donors (Lipinski definition) is 1. The molecule has 0 unspecified atom stereocenters. The molecule has 0 atom stereocenters. The molecule has 29 heavy (non-hydrogen) atoms. The molecule has 9 heteroatoms. The number of thiazole rings is 2. The van der Waals surface area contributed by atoms with Crippen LogP contribution in [0.5, 0.6) is 11.5 Å². The number of thioether (sulfide) groups is 1. The number of rotatable bonds is 5. The number of fused-ring (bicyclic) bond motifs is 2. The van der Waals surface area contributed by atoms with E-state index in [1.807, 2.05) is 47.3 Å². The highest BCUT2D eigenvalue weighted by molar-refractivity contribution is 7.98. The van der Waals surface area contributed by atoms with Gasteiger partial charge in [-0.15, -0.1) is 23.1 Å². The molecule has 5 rings (SSSR count). The number of hydrogen-bond acceptors (Lipinski definition) is 8. The molecule has 0 saturated heterocycles. The monoisotopic (exact) mass is 441 g/mol. The van der Waals surface area contributed by atoms with Crippen molar-refractivity contribution < 1.29 is 14.3 Å². The summed E-state index contributed by atoms with van der Waals surface area (Å²) in [5.41, 5.74) is 4.23. The third kappa shape index (κ3) is 3.93. The number of nitrogens with one attached hydrogen (secondary N) is 1. The summed E-state index contributed by atoms with van der Waals surface area (Å²) in [5.74, 6) is 1.95. The molecule has 0 aliphatic carbocycles. The van der Waals surface area contributed by atoms with Crippen molar-refractivity contribution in [1.29, 1.82) is 0 Å². The van der Waals surface area contributed by atoms with E-state index in [2.05, 4.69) is 15.3 Å². The van der Waals surface area contributed by atoms with Crippen LogP contribution in [0.15, 0.2) is 52.2 Å². The highest BCUT2D eigenvalue weighted by Gasteiger charge is 2.17. The summed E-state index contributed by atoms with van der Waals surface area (Å²) >= 11 is 4.58. The normalized spacial score (nSPS) is 12.8. The van der Waals surface area contributed by atoms with Gasteiger partial charge < -0.3 is 9.47 Å². The van der Waals surface area contributed by atoms with Gasteiger partial charge in [0.05, 0.1) is 27.0 Å². The fraction of sp³-hybridized carbons (Fsp3) is 0.150. The lowest BCUT2D eigenvalue weighted by molar-refractivity contribution is 0.102. The molecule has 146 valence electrons. The van der Waals surface area contributed by atoms with Gasteiger partial charge in [0.1, 0.15) is 13.2 Å². The number of benzene rings is 2. The van der Waals surface area contributed by atoms with E-state index in [1.54, 1.807) is 23.1 Å². The number of carbonyl (C=O) groups is 1. The molecule has 6 nitrogen and oxygen atoms in total. The van der Waals surface area contributed by atoms with E-state index in [0.717, 1.165) is 26.6 Å². The Kier molecular flexibility index (Phi) is 5.09. The molecule has 1 N–H and O–H groups in total. The van der Waals surface area contributed by atoms with Crippen LogP contribution < -0.4 is 14.8 Å². The van der Waals surface area contributed by atoms with E-state index in [0.29, 0.717) is 35.4 Å². The molecule has 2 aromatic heterocycles. The predicted octanol–water partition coefficient (Wildman–Crippen LogP) is 5.07. The summed E-state index contributed by atoms with van der Waals surface area (Å²) in [6.45, 7) is 1.07. The maximum Gasteiger partial charge on any atom is 0.258 e. The van der Waals surface area contributed by atoms with E-state index in [4.69, 9.17) is 9.47 Å². The van der Waals surface area contributed by atoms with E-state index >= 15 is 0 Å². The molecule has 1 aliphatic heterocycles. The zero-order chi connectivity index (χ0) is 19.6. The predicted molar refractivity (Wildman–Crippen MR) is 117 cm³/mol. The molecule has 4 aromatic rings. The van der Waals surface area contributed by atoms with Crippen molar-refractivity contribution in [3.63, 3.8) is 0 Å². The highest BCUT2D eigenvalue weighted by Crippen LogP contribution is 2.38. The Labute approximate surface area is 178 Å². The number of aromatic nitrogens is 2. The van der Waals surface area contributed by atoms with Crippen molar-refractivity contribution in [2.45, 2.75) is 10.6 Å². The van der Waals surface area contributed by atoms with Gasteiger partial charge in [-0.1, -0.05) is 23.5 Å². The van der Waals surface area contributed by atoms with Crippen molar-refractivity contribution in [3.05, 3.63) is 58.5 Å². The molecule has 0 radical (unpaired) electrons. The third-order valence-electron chi connectivity index (χ3n) is 4.26. The Balaban J connectivity index is 1.36. The largest absolute Gasteiger partial charge is 0.486 e. The summed E-state index contributed by atoms with van der Waals surface area (Å²) < 4.78 is 12.2. The molecule has 3 heterocycles. The quantitative estimate of drug-likeness (QED) is 0.436. The molecule has 1 amide bonds. The van der Waals surface area contributed by atoms with Crippen molar-refractivity contribution >= 4 is 55.7 Å². The van der Waals surface area contributed by atoms with Gasteiger partial charge in [0.15, 0.2) is 16.6 Å². The van der Waals surface area contributed by atoms with E-state index < -0.39 is 0 Å². The van der Waals surface area contributed by atoms with Crippen molar-refractivity contribution in [3.8, 4) is 11.5 Å². The van der Waals surface area contributed by atoms with Gasteiger partial charge in [0, 0.05) is 28.2 Å². The molecule has 2 aromatic carbocycles. The van der Waals surface area contributed by atoms with Crippen LogP contribution in [-0.2, 0) is 5.75 Å². The minimum atomic E-state index is -0.178. The minimum absolute atomic E-state index is 0.178. The van der Waals surface area contributed by atoms with Gasteiger partial charge >= 0.3 is 0 Å². The van der Waals surface area contributed by atoms with Gasteiger partial charge in [0.25, 0.3) is 5.91 Å². The van der Waals surface area contributed by atoms with Crippen LogP contribution in [0.3, 0.4) is 0 Å². The van der Waals surface area contributed by atoms with Crippen molar-refractivity contribution in [1.82, 2.24) is 9.97 Å². The smallest absolute Gasteiger partial charge is 0.258 e. The molecule has 0 saturated carbocycles. The molecular weight excluding hydrogens is 426 g/mol. The van der Waals surface area contributed by atoms with Gasteiger partial charge in [0.2, 0.25) is 0 Å². The van der Waals surface area contributed by atoms with Crippen LogP contribution in [-0.4, -0.2) is 29.1 Å². The van der Waals surface area contributed by atoms with Crippen LogP contribution >= 0.6 is 34.4 Å². The number of anilines is 1. The topological polar surface area (TPSA) is 73.3 Å². The van der Waals surface area contributed by atoms with Crippen LogP contribution in [0.25, 0.3) is 10.2 Å². The molecule has 0 bridgehead atoms. The summed E-state index contributed by atoms with van der Waals surface area (Å²) in [5, 5.41) is 5.50. The van der Waals surface area contributed by atoms with Gasteiger partial charge in [-0.3, -0.25) is 10.1 Å². The number of ether oxygens (including phenoxy) is 2. The lowest BCUT2D eigenvalue weighted by atomic mass is 10.2. The average molecular weight is 442 g/mol. The van der Waals surface area contributed by atoms with Crippen molar-refractivity contribution in [2.75, 3.05) is 18.5 Å². The van der Waals surface area contributed by atoms with Crippen LogP contribution in [0.2, 0.25) is 0 Å². The number of nitrogens with zero attached hydrogens (tertiary/aromatic N) is 2. The average Bonchev–Trinajstić information content (AvgIpc) is 3.39. The second kappa shape index (κ2) is 8.02. The van der Waals surface area contributed by atoms with E-state index in [-0.39, 0.29) is 5.91 Å². The SMILES string of the molecule is O=C(Nc1nc2cc3c(cc2s1)OCCO3)c1ccccc1SCc1cscn1. The van der Waals surface area contributed by atoms with E-state index in [9.17, 15) is 4.79 Å². The Hall–Kier alpha value is -2.62. The second-order valence-electron chi connectivity index (χ2n) is 6.20. The molecule has 1 aliphatic rings. The van der Waals surface area contributed by atoms with Crippen molar-refractivity contribution in [2.24, 2.45) is 0 Å². The second-order valence-corrected chi connectivity index (χ2v) is 8.97. The molecule has 0 fully saturated rings. The first-order valence-corrected chi connectivity index (χ1v) is 11.6. The Morgan fingerprint density at radius 2 is 2.00 bits per heavy atom. The standard InChI is InChI=1S/C20H15N3O3S3/c24-19(13-3-1-2-4-17(13)28-10-12-9-27-11-21-12)23-20-22-14-7-15-16(8-18(14)29-20)26-6-5-25-15/h1-4,7-9,11H,5-6,10H2,(H,22,23,24). The zero-order valence-corrected chi connectivity index (χ0v) is 17.5. The first-order chi connectivity index (χ1) is 14.3. The Bertz CT molecular complexity index is 1130. The minimum Gasteiger partial charge on any atom is -0.486 e.